The van der Waals surface area contributed by atoms with Crippen LogP contribution in [0.2, 0.25) is 0 Å². The number of aromatic nitrogens is 1. The largest absolute Gasteiger partial charge is 0.444 e. The summed E-state index contributed by atoms with van der Waals surface area (Å²) in [4.78, 5) is 29.5. The van der Waals surface area contributed by atoms with Crippen molar-refractivity contribution >= 4 is 28.5 Å². The van der Waals surface area contributed by atoms with Crippen molar-refractivity contribution in [1.82, 2.24) is 9.88 Å². The predicted octanol–water partition coefficient (Wildman–Crippen LogP) is 2.34. The molecule has 2 rings (SSSR count). The SMILES string of the molecule is CC(C)(C)OC(=O)N1CC[C@@H](C(=O)Nc2nccs2)C1. The molecule has 0 aromatic carbocycles. The molecule has 6 nitrogen and oxygen atoms in total. The Balaban J connectivity index is 1.85. The van der Waals surface area contributed by atoms with Crippen LogP contribution in [0.1, 0.15) is 27.2 Å². The van der Waals surface area contributed by atoms with Crippen molar-refractivity contribution in [1.29, 1.82) is 0 Å². The molecule has 1 atom stereocenters. The van der Waals surface area contributed by atoms with E-state index in [4.69, 9.17) is 4.74 Å². The third-order valence-electron chi connectivity index (χ3n) is 2.87. The molecule has 1 aromatic heterocycles. The molecule has 2 heterocycles. The summed E-state index contributed by atoms with van der Waals surface area (Å²) in [5.74, 6) is -0.294. The normalized spacial score (nSPS) is 18.9. The van der Waals surface area contributed by atoms with Crippen molar-refractivity contribution in [2.75, 3.05) is 18.4 Å². The van der Waals surface area contributed by atoms with E-state index in [-0.39, 0.29) is 17.9 Å². The zero-order valence-electron chi connectivity index (χ0n) is 11.9. The molecule has 0 saturated carbocycles. The first-order valence-electron chi connectivity index (χ1n) is 6.53. The highest BCUT2D eigenvalue weighted by Crippen LogP contribution is 2.21. The van der Waals surface area contributed by atoms with Gasteiger partial charge in [0.05, 0.1) is 5.92 Å². The summed E-state index contributed by atoms with van der Waals surface area (Å²) in [6.07, 6.45) is 1.93. The number of nitrogens with one attached hydrogen (secondary N) is 1. The molecule has 1 fully saturated rings. The van der Waals surface area contributed by atoms with E-state index in [2.05, 4.69) is 10.3 Å². The van der Waals surface area contributed by atoms with Gasteiger partial charge in [-0.2, -0.15) is 0 Å². The van der Waals surface area contributed by atoms with Crippen molar-refractivity contribution in [3.05, 3.63) is 11.6 Å². The first-order chi connectivity index (χ1) is 9.35. The van der Waals surface area contributed by atoms with Crippen molar-refractivity contribution in [3.63, 3.8) is 0 Å². The summed E-state index contributed by atoms with van der Waals surface area (Å²) in [7, 11) is 0. The van der Waals surface area contributed by atoms with Crippen LogP contribution in [0.3, 0.4) is 0 Å². The number of anilines is 1. The van der Waals surface area contributed by atoms with Gasteiger partial charge in [-0.15, -0.1) is 11.3 Å². The summed E-state index contributed by atoms with van der Waals surface area (Å²) in [5, 5.41) is 5.15. The van der Waals surface area contributed by atoms with E-state index < -0.39 is 5.60 Å². The zero-order chi connectivity index (χ0) is 14.8. The quantitative estimate of drug-likeness (QED) is 0.909. The van der Waals surface area contributed by atoms with Crippen LogP contribution >= 0.6 is 11.3 Å². The van der Waals surface area contributed by atoms with Gasteiger partial charge in [0.1, 0.15) is 5.60 Å². The lowest BCUT2D eigenvalue weighted by Crippen LogP contribution is -2.36. The van der Waals surface area contributed by atoms with E-state index in [1.54, 1.807) is 16.5 Å². The second kappa shape index (κ2) is 5.78. The Morgan fingerprint density at radius 1 is 1.50 bits per heavy atom. The standard InChI is InChI=1S/C13H19N3O3S/c1-13(2,3)19-12(18)16-6-4-9(8-16)10(17)15-11-14-5-7-20-11/h5,7,9H,4,6,8H2,1-3H3,(H,14,15,17)/t9-/m1/s1. The van der Waals surface area contributed by atoms with Crippen LogP contribution in [0.5, 0.6) is 0 Å². The van der Waals surface area contributed by atoms with E-state index in [1.165, 1.54) is 11.3 Å². The lowest BCUT2D eigenvalue weighted by molar-refractivity contribution is -0.119. The van der Waals surface area contributed by atoms with Gasteiger partial charge < -0.3 is 15.0 Å². The summed E-state index contributed by atoms with van der Waals surface area (Å²) in [6.45, 7) is 6.42. The van der Waals surface area contributed by atoms with Gasteiger partial charge in [0.15, 0.2) is 5.13 Å². The van der Waals surface area contributed by atoms with E-state index in [9.17, 15) is 9.59 Å². The van der Waals surface area contributed by atoms with E-state index in [0.29, 0.717) is 24.6 Å². The third kappa shape index (κ3) is 3.93. The van der Waals surface area contributed by atoms with Gasteiger partial charge in [-0.25, -0.2) is 9.78 Å². The zero-order valence-corrected chi connectivity index (χ0v) is 12.7. The number of carbonyl (C=O) groups is 2. The van der Waals surface area contributed by atoms with Crippen molar-refractivity contribution < 1.29 is 14.3 Å². The highest BCUT2D eigenvalue weighted by atomic mass is 32.1. The van der Waals surface area contributed by atoms with Gasteiger partial charge in [-0.05, 0) is 27.2 Å². The monoisotopic (exact) mass is 297 g/mol. The predicted molar refractivity (Wildman–Crippen MR) is 76.7 cm³/mol. The molecule has 1 saturated heterocycles. The Hall–Kier alpha value is -1.63. The number of thiazole rings is 1. The number of carbonyl (C=O) groups excluding carboxylic acids is 2. The minimum atomic E-state index is -0.516. The molecular weight excluding hydrogens is 278 g/mol. The van der Waals surface area contributed by atoms with Crippen molar-refractivity contribution in [3.8, 4) is 0 Å². The minimum absolute atomic E-state index is 0.0917. The number of amides is 2. The average Bonchev–Trinajstić information content (AvgIpc) is 2.96. The highest BCUT2D eigenvalue weighted by Gasteiger charge is 2.33. The average molecular weight is 297 g/mol. The molecule has 1 aliphatic heterocycles. The van der Waals surface area contributed by atoms with Gasteiger partial charge in [0.25, 0.3) is 0 Å². The van der Waals surface area contributed by atoms with E-state index >= 15 is 0 Å². The van der Waals surface area contributed by atoms with Gasteiger partial charge >= 0.3 is 6.09 Å². The van der Waals surface area contributed by atoms with Crippen LogP contribution < -0.4 is 5.32 Å². The lowest BCUT2D eigenvalue weighted by atomic mass is 10.1. The van der Waals surface area contributed by atoms with Crippen LogP contribution in [-0.4, -0.2) is 40.6 Å². The van der Waals surface area contributed by atoms with Crippen LogP contribution in [-0.2, 0) is 9.53 Å². The fraction of sp³-hybridized carbons (Fsp3) is 0.615. The fourth-order valence-electron chi connectivity index (χ4n) is 1.96. The van der Waals surface area contributed by atoms with Gasteiger partial charge in [-0.3, -0.25) is 4.79 Å². The van der Waals surface area contributed by atoms with E-state index in [1.807, 2.05) is 20.8 Å². The maximum atomic E-state index is 12.0. The Bertz CT molecular complexity index is 482. The summed E-state index contributed by atoms with van der Waals surface area (Å²) < 4.78 is 5.30. The number of rotatable bonds is 2. The number of nitrogens with zero attached hydrogens (tertiary/aromatic N) is 2. The smallest absolute Gasteiger partial charge is 0.410 e. The number of likely N-dealkylation sites (tertiary alicyclic amines) is 1. The number of hydrogen-bond acceptors (Lipinski definition) is 5. The summed E-state index contributed by atoms with van der Waals surface area (Å²) >= 11 is 1.38. The summed E-state index contributed by atoms with van der Waals surface area (Å²) in [6, 6.07) is 0. The summed E-state index contributed by atoms with van der Waals surface area (Å²) in [5.41, 5.74) is -0.516. The fourth-order valence-corrected chi connectivity index (χ4v) is 2.49. The molecule has 7 heteroatoms. The van der Waals surface area contributed by atoms with Gasteiger partial charge in [-0.1, -0.05) is 0 Å². The molecule has 110 valence electrons. The first kappa shape index (κ1) is 14.8. The van der Waals surface area contributed by atoms with Crippen LogP contribution in [0.4, 0.5) is 9.93 Å². The molecular formula is C13H19N3O3S. The molecule has 2 amide bonds. The molecule has 20 heavy (non-hydrogen) atoms. The Kier molecular flexibility index (Phi) is 4.27. The first-order valence-corrected chi connectivity index (χ1v) is 7.41. The maximum Gasteiger partial charge on any atom is 0.410 e. The minimum Gasteiger partial charge on any atom is -0.444 e. The number of hydrogen-bond donors (Lipinski definition) is 1. The number of ether oxygens (including phenoxy) is 1. The van der Waals surface area contributed by atoms with Crippen LogP contribution in [0.25, 0.3) is 0 Å². The second-order valence-corrected chi connectivity index (χ2v) is 6.63. The lowest BCUT2D eigenvalue weighted by Gasteiger charge is -2.24. The molecule has 1 aliphatic rings. The van der Waals surface area contributed by atoms with Gasteiger partial charge in [0.2, 0.25) is 5.91 Å². The topological polar surface area (TPSA) is 71.5 Å². The molecule has 1 N–H and O–H groups in total. The van der Waals surface area contributed by atoms with Gasteiger partial charge in [0, 0.05) is 24.7 Å². The Labute approximate surface area is 122 Å². The molecule has 1 aromatic rings. The molecule has 0 unspecified atom stereocenters. The third-order valence-corrected chi connectivity index (χ3v) is 3.56. The molecule has 0 spiro atoms. The van der Waals surface area contributed by atoms with E-state index in [0.717, 1.165) is 0 Å². The van der Waals surface area contributed by atoms with Crippen molar-refractivity contribution in [2.45, 2.75) is 32.8 Å². The second-order valence-electron chi connectivity index (χ2n) is 5.74. The Morgan fingerprint density at radius 2 is 2.25 bits per heavy atom. The highest BCUT2D eigenvalue weighted by molar-refractivity contribution is 7.13. The van der Waals surface area contributed by atoms with Crippen LogP contribution in [0.15, 0.2) is 11.6 Å². The maximum absolute atomic E-state index is 12.0. The Morgan fingerprint density at radius 3 is 2.85 bits per heavy atom. The molecule has 0 bridgehead atoms. The molecule has 0 aliphatic carbocycles. The van der Waals surface area contributed by atoms with Crippen LogP contribution in [0, 0.1) is 5.92 Å². The van der Waals surface area contributed by atoms with Crippen molar-refractivity contribution in [2.24, 2.45) is 5.92 Å². The molecule has 0 radical (unpaired) electrons.